The highest BCUT2D eigenvalue weighted by atomic mass is 19.1. The molecule has 1 aliphatic heterocycles. The van der Waals surface area contributed by atoms with E-state index >= 15 is 0 Å². The van der Waals surface area contributed by atoms with Gasteiger partial charge >= 0.3 is 0 Å². The Labute approximate surface area is 129 Å². The third-order valence-corrected chi connectivity index (χ3v) is 3.84. The molecule has 1 aromatic carbocycles. The first-order valence-electron chi connectivity index (χ1n) is 7.28. The summed E-state index contributed by atoms with van der Waals surface area (Å²) in [5, 5.41) is 0. The molecule has 1 atom stereocenters. The van der Waals surface area contributed by atoms with Crippen molar-refractivity contribution in [3.8, 4) is 0 Å². The molecular weight excluding hydrogens is 284 g/mol. The van der Waals surface area contributed by atoms with Crippen molar-refractivity contribution >= 4 is 11.6 Å². The van der Waals surface area contributed by atoms with Gasteiger partial charge in [0, 0.05) is 18.2 Å². The van der Waals surface area contributed by atoms with Crippen LogP contribution in [0.15, 0.2) is 54.4 Å². The van der Waals surface area contributed by atoms with Gasteiger partial charge in [0.2, 0.25) is 0 Å². The van der Waals surface area contributed by atoms with Crippen molar-refractivity contribution < 1.29 is 13.6 Å². The smallest absolute Gasteiger partial charge is 0.261 e. The fourth-order valence-corrected chi connectivity index (χ4v) is 2.67. The lowest BCUT2D eigenvalue weighted by atomic mass is 9.99. The lowest BCUT2D eigenvalue weighted by molar-refractivity contribution is -0.115. The summed E-state index contributed by atoms with van der Waals surface area (Å²) in [6.45, 7) is 7.42. The molecule has 0 fully saturated rings. The molecule has 1 aromatic rings. The Morgan fingerprint density at radius 3 is 2.82 bits per heavy atom. The maximum atomic E-state index is 13.6. The van der Waals surface area contributed by atoms with E-state index in [0.29, 0.717) is 12.2 Å². The molecule has 1 aliphatic rings. The zero-order valence-corrected chi connectivity index (χ0v) is 12.8. The van der Waals surface area contributed by atoms with Gasteiger partial charge in [0.05, 0.1) is 5.57 Å². The van der Waals surface area contributed by atoms with Crippen LogP contribution in [0.3, 0.4) is 0 Å². The normalized spacial score (nSPS) is 17.9. The van der Waals surface area contributed by atoms with Crippen LogP contribution in [0.5, 0.6) is 0 Å². The van der Waals surface area contributed by atoms with Crippen molar-refractivity contribution in [3.05, 3.63) is 65.8 Å². The van der Waals surface area contributed by atoms with E-state index in [1.54, 1.807) is 25.1 Å². The second-order valence-corrected chi connectivity index (χ2v) is 5.24. The van der Waals surface area contributed by atoms with Crippen molar-refractivity contribution in [3.63, 3.8) is 0 Å². The van der Waals surface area contributed by atoms with E-state index in [2.05, 4.69) is 6.58 Å². The molecule has 0 saturated carbocycles. The van der Waals surface area contributed by atoms with Crippen LogP contribution in [0.1, 0.15) is 31.7 Å². The summed E-state index contributed by atoms with van der Waals surface area (Å²) in [6.07, 6.45) is 5.49. The van der Waals surface area contributed by atoms with Gasteiger partial charge in [0.25, 0.3) is 5.91 Å². The largest absolute Gasteiger partial charge is 0.307 e. The van der Waals surface area contributed by atoms with Crippen LogP contribution >= 0.6 is 0 Å². The zero-order chi connectivity index (χ0) is 16.3. The SMILES string of the molecule is C=C(F)/C(=C\C=C/C)C(=O)N1CC(CC)c2cc(F)ccc21. The molecule has 0 spiro atoms. The summed E-state index contributed by atoms with van der Waals surface area (Å²) >= 11 is 0. The van der Waals surface area contributed by atoms with Crippen LogP contribution in [0.4, 0.5) is 14.5 Å². The number of halogens is 2. The fourth-order valence-electron chi connectivity index (χ4n) is 2.67. The number of allylic oxidation sites excluding steroid dienone is 3. The number of nitrogens with zero attached hydrogens (tertiary/aromatic N) is 1. The highest BCUT2D eigenvalue weighted by Crippen LogP contribution is 2.39. The molecule has 0 aromatic heterocycles. The van der Waals surface area contributed by atoms with Gasteiger partial charge in [-0.3, -0.25) is 4.79 Å². The quantitative estimate of drug-likeness (QED) is 0.585. The molecule has 0 radical (unpaired) electrons. The Morgan fingerprint density at radius 2 is 2.23 bits per heavy atom. The molecule has 116 valence electrons. The molecular formula is C18H19F2NO. The average Bonchev–Trinajstić information content (AvgIpc) is 2.84. The lowest BCUT2D eigenvalue weighted by Crippen LogP contribution is -2.31. The lowest BCUT2D eigenvalue weighted by Gasteiger charge is -2.18. The average molecular weight is 303 g/mol. The third-order valence-electron chi connectivity index (χ3n) is 3.84. The third kappa shape index (κ3) is 3.01. The van der Waals surface area contributed by atoms with Gasteiger partial charge < -0.3 is 4.90 Å². The fraction of sp³-hybridized carbons (Fsp3) is 0.278. The molecule has 1 heterocycles. The maximum Gasteiger partial charge on any atom is 0.261 e. The van der Waals surface area contributed by atoms with Gasteiger partial charge in [0.1, 0.15) is 11.6 Å². The zero-order valence-electron chi connectivity index (χ0n) is 12.8. The van der Waals surface area contributed by atoms with Gasteiger partial charge in [-0.25, -0.2) is 8.78 Å². The molecule has 0 N–H and O–H groups in total. The highest BCUT2D eigenvalue weighted by Gasteiger charge is 2.33. The Bertz CT molecular complexity index is 661. The second-order valence-electron chi connectivity index (χ2n) is 5.24. The van der Waals surface area contributed by atoms with Crippen molar-refractivity contribution in [1.82, 2.24) is 0 Å². The van der Waals surface area contributed by atoms with E-state index in [-0.39, 0.29) is 17.3 Å². The first kappa shape index (κ1) is 16.1. The minimum Gasteiger partial charge on any atom is -0.307 e. The first-order chi connectivity index (χ1) is 10.5. The van der Waals surface area contributed by atoms with Crippen LogP contribution in [0, 0.1) is 5.82 Å². The van der Waals surface area contributed by atoms with Crippen LogP contribution in [-0.2, 0) is 4.79 Å². The summed E-state index contributed by atoms with van der Waals surface area (Å²) in [5.41, 5.74) is 1.36. The van der Waals surface area contributed by atoms with E-state index in [9.17, 15) is 13.6 Å². The second kappa shape index (κ2) is 6.69. The minimum absolute atomic E-state index is 0.0606. The number of rotatable bonds is 4. The predicted molar refractivity (Wildman–Crippen MR) is 84.9 cm³/mol. The van der Waals surface area contributed by atoms with Gasteiger partial charge in [0.15, 0.2) is 0 Å². The van der Waals surface area contributed by atoms with Crippen LogP contribution < -0.4 is 4.90 Å². The topological polar surface area (TPSA) is 20.3 Å². The molecule has 0 saturated heterocycles. The van der Waals surface area contributed by atoms with Crippen LogP contribution in [0.25, 0.3) is 0 Å². The van der Waals surface area contributed by atoms with E-state index in [4.69, 9.17) is 0 Å². The van der Waals surface area contributed by atoms with Gasteiger partial charge in [-0.2, -0.15) is 0 Å². The van der Waals surface area contributed by atoms with E-state index < -0.39 is 11.7 Å². The summed E-state index contributed by atoms with van der Waals surface area (Å²) in [5.74, 6) is -1.49. The van der Waals surface area contributed by atoms with Crippen molar-refractivity contribution in [2.45, 2.75) is 26.2 Å². The monoisotopic (exact) mass is 303 g/mol. The number of amides is 1. The molecule has 4 heteroatoms. The number of carbonyl (C=O) groups excluding carboxylic acids is 1. The summed E-state index contributed by atoms with van der Waals surface area (Å²) in [4.78, 5) is 14.1. The molecule has 1 amide bonds. The Morgan fingerprint density at radius 1 is 1.50 bits per heavy atom. The maximum absolute atomic E-state index is 13.6. The number of carbonyl (C=O) groups is 1. The van der Waals surface area contributed by atoms with E-state index in [1.165, 1.54) is 23.1 Å². The number of hydrogen-bond acceptors (Lipinski definition) is 1. The van der Waals surface area contributed by atoms with Crippen molar-refractivity contribution in [2.24, 2.45) is 0 Å². The number of benzene rings is 1. The first-order valence-corrected chi connectivity index (χ1v) is 7.28. The predicted octanol–water partition coefficient (Wildman–Crippen LogP) is 4.65. The molecule has 2 rings (SSSR count). The van der Waals surface area contributed by atoms with E-state index in [1.807, 2.05) is 6.92 Å². The Balaban J connectivity index is 2.42. The minimum atomic E-state index is -0.772. The van der Waals surface area contributed by atoms with Crippen LogP contribution in [0.2, 0.25) is 0 Å². The Hall–Kier alpha value is -2.23. The standard InChI is InChI=1S/C18H19F2NO/c1-4-6-7-15(12(3)19)18(22)21-11-13(5-2)16-10-14(20)8-9-17(16)21/h4,6-10,13H,3,5,11H2,1-2H3/b6-4-,15-7+. The van der Waals surface area contributed by atoms with E-state index in [0.717, 1.165) is 12.0 Å². The summed E-state index contributed by atoms with van der Waals surface area (Å²) in [6, 6.07) is 4.35. The van der Waals surface area contributed by atoms with Gasteiger partial charge in [-0.05, 0) is 43.2 Å². The highest BCUT2D eigenvalue weighted by molar-refractivity contribution is 6.09. The number of fused-ring (bicyclic) bond motifs is 1. The molecule has 0 aliphatic carbocycles. The van der Waals surface area contributed by atoms with Crippen molar-refractivity contribution in [2.75, 3.05) is 11.4 Å². The van der Waals surface area contributed by atoms with Gasteiger partial charge in [-0.15, -0.1) is 0 Å². The van der Waals surface area contributed by atoms with Crippen molar-refractivity contribution in [1.29, 1.82) is 0 Å². The van der Waals surface area contributed by atoms with Gasteiger partial charge in [-0.1, -0.05) is 25.7 Å². The molecule has 1 unspecified atom stereocenters. The summed E-state index contributed by atoms with van der Waals surface area (Å²) in [7, 11) is 0. The molecule has 22 heavy (non-hydrogen) atoms. The molecule has 0 bridgehead atoms. The number of anilines is 1. The summed E-state index contributed by atoms with van der Waals surface area (Å²) < 4.78 is 27.1. The molecule has 2 nitrogen and oxygen atoms in total. The Kier molecular flexibility index (Phi) is 4.91. The number of hydrogen-bond donors (Lipinski definition) is 0. The van der Waals surface area contributed by atoms with Crippen LogP contribution in [-0.4, -0.2) is 12.5 Å².